The van der Waals surface area contributed by atoms with Gasteiger partial charge in [0.05, 0.1) is 13.2 Å². The van der Waals surface area contributed by atoms with Crippen molar-refractivity contribution < 1.29 is 9.84 Å². The Labute approximate surface area is 116 Å². The Kier molecular flexibility index (Phi) is 5.23. The van der Waals surface area contributed by atoms with Gasteiger partial charge >= 0.3 is 0 Å². The lowest BCUT2D eigenvalue weighted by atomic mass is 9.96. The fraction of sp³-hybridized carbons (Fsp3) is 0.625. The summed E-state index contributed by atoms with van der Waals surface area (Å²) in [4.78, 5) is 2.47. The second-order valence-corrected chi connectivity index (χ2v) is 5.56. The van der Waals surface area contributed by atoms with Crippen LogP contribution in [0.2, 0.25) is 0 Å². The number of aliphatic hydroxyl groups excluding tert-OH is 1. The molecular formula is C16H25NO2. The molecule has 0 amide bonds. The van der Waals surface area contributed by atoms with Crippen LogP contribution >= 0.6 is 0 Å². The van der Waals surface area contributed by atoms with Crippen molar-refractivity contribution in [1.29, 1.82) is 0 Å². The third kappa shape index (κ3) is 3.95. The number of ether oxygens (including phenoxy) is 1. The van der Waals surface area contributed by atoms with E-state index in [1.807, 2.05) is 24.3 Å². The first-order chi connectivity index (χ1) is 9.20. The van der Waals surface area contributed by atoms with Crippen LogP contribution in [-0.2, 0) is 0 Å². The molecule has 0 aliphatic carbocycles. The van der Waals surface area contributed by atoms with Gasteiger partial charge in [-0.3, -0.25) is 0 Å². The molecule has 0 saturated carbocycles. The maximum atomic E-state index is 10.4. The van der Waals surface area contributed by atoms with Crippen LogP contribution in [0, 0.1) is 5.92 Å². The van der Waals surface area contributed by atoms with E-state index in [4.69, 9.17) is 4.74 Å². The maximum absolute atomic E-state index is 10.4. The van der Waals surface area contributed by atoms with Crippen molar-refractivity contribution in [3.63, 3.8) is 0 Å². The molecular weight excluding hydrogens is 238 g/mol. The highest BCUT2D eigenvalue weighted by Gasteiger charge is 2.20. The number of benzene rings is 1. The van der Waals surface area contributed by atoms with Gasteiger partial charge in [0, 0.05) is 6.54 Å². The molecule has 1 N–H and O–H groups in total. The summed E-state index contributed by atoms with van der Waals surface area (Å²) in [6, 6.07) is 7.73. The summed E-state index contributed by atoms with van der Waals surface area (Å²) < 4.78 is 5.14. The van der Waals surface area contributed by atoms with Crippen LogP contribution in [0.1, 0.15) is 37.9 Å². The minimum atomic E-state index is -0.396. The van der Waals surface area contributed by atoms with Crippen molar-refractivity contribution in [2.75, 3.05) is 26.7 Å². The van der Waals surface area contributed by atoms with E-state index in [0.29, 0.717) is 0 Å². The standard InChI is InChI=1S/C16H25NO2/c1-13(12-17-10-4-3-5-11-17)16(18)14-6-8-15(19-2)9-7-14/h6-9,13,16,18H,3-5,10-12H2,1-2H3/t13-,16+/m1/s1. The van der Waals surface area contributed by atoms with Crippen molar-refractivity contribution in [2.45, 2.75) is 32.3 Å². The van der Waals surface area contributed by atoms with Gasteiger partial charge in [0.2, 0.25) is 0 Å². The van der Waals surface area contributed by atoms with Gasteiger partial charge < -0.3 is 14.7 Å². The molecule has 2 rings (SSSR count). The van der Waals surface area contributed by atoms with Crippen LogP contribution < -0.4 is 4.74 Å². The minimum Gasteiger partial charge on any atom is -0.497 e. The summed E-state index contributed by atoms with van der Waals surface area (Å²) >= 11 is 0. The molecule has 0 aromatic heterocycles. The fourth-order valence-corrected chi connectivity index (χ4v) is 2.78. The van der Waals surface area contributed by atoms with E-state index in [1.165, 1.54) is 32.4 Å². The molecule has 0 bridgehead atoms. The molecule has 1 heterocycles. The van der Waals surface area contributed by atoms with Gasteiger partial charge in [-0.05, 0) is 49.5 Å². The van der Waals surface area contributed by atoms with E-state index in [1.54, 1.807) is 7.11 Å². The number of likely N-dealkylation sites (tertiary alicyclic amines) is 1. The van der Waals surface area contributed by atoms with E-state index in [9.17, 15) is 5.11 Å². The number of piperidine rings is 1. The Morgan fingerprint density at radius 1 is 1.16 bits per heavy atom. The number of rotatable bonds is 5. The lowest BCUT2D eigenvalue weighted by Gasteiger charge is -2.31. The van der Waals surface area contributed by atoms with Crippen LogP contribution in [0.4, 0.5) is 0 Å². The Morgan fingerprint density at radius 3 is 2.37 bits per heavy atom. The number of nitrogens with zero attached hydrogens (tertiary/aromatic N) is 1. The van der Waals surface area contributed by atoms with Crippen LogP contribution in [0.5, 0.6) is 5.75 Å². The first kappa shape index (κ1) is 14.4. The monoisotopic (exact) mass is 263 g/mol. The van der Waals surface area contributed by atoms with E-state index >= 15 is 0 Å². The van der Waals surface area contributed by atoms with Gasteiger partial charge in [0.25, 0.3) is 0 Å². The van der Waals surface area contributed by atoms with E-state index in [0.717, 1.165) is 17.9 Å². The Balaban J connectivity index is 1.91. The largest absolute Gasteiger partial charge is 0.497 e. The third-order valence-electron chi connectivity index (χ3n) is 3.99. The first-order valence-electron chi connectivity index (χ1n) is 7.25. The summed E-state index contributed by atoms with van der Waals surface area (Å²) in [7, 11) is 1.66. The normalized spacial score (nSPS) is 19.9. The molecule has 1 aromatic rings. The molecule has 3 nitrogen and oxygen atoms in total. The molecule has 19 heavy (non-hydrogen) atoms. The predicted octanol–water partition coefficient (Wildman–Crippen LogP) is 2.85. The molecule has 1 aliphatic rings. The smallest absolute Gasteiger partial charge is 0.118 e. The van der Waals surface area contributed by atoms with Gasteiger partial charge in [-0.2, -0.15) is 0 Å². The van der Waals surface area contributed by atoms with Gasteiger partial charge in [0.1, 0.15) is 5.75 Å². The average molecular weight is 263 g/mol. The highest BCUT2D eigenvalue weighted by Crippen LogP contribution is 2.25. The maximum Gasteiger partial charge on any atom is 0.118 e. The summed E-state index contributed by atoms with van der Waals surface area (Å²) in [5.41, 5.74) is 0.977. The van der Waals surface area contributed by atoms with E-state index < -0.39 is 6.10 Å². The number of hydrogen-bond donors (Lipinski definition) is 1. The van der Waals surface area contributed by atoms with Crippen molar-refractivity contribution in [3.8, 4) is 5.75 Å². The average Bonchev–Trinajstić information content (AvgIpc) is 2.47. The van der Waals surface area contributed by atoms with E-state index in [2.05, 4.69) is 11.8 Å². The molecule has 3 heteroatoms. The number of aliphatic hydroxyl groups is 1. The minimum absolute atomic E-state index is 0.256. The topological polar surface area (TPSA) is 32.7 Å². The molecule has 1 aliphatic heterocycles. The zero-order valence-electron chi connectivity index (χ0n) is 12.0. The van der Waals surface area contributed by atoms with Crippen molar-refractivity contribution in [1.82, 2.24) is 4.90 Å². The zero-order valence-corrected chi connectivity index (χ0v) is 12.0. The van der Waals surface area contributed by atoms with Crippen molar-refractivity contribution in [3.05, 3.63) is 29.8 Å². The Morgan fingerprint density at radius 2 is 1.79 bits per heavy atom. The molecule has 1 fully saturated rings. The lowest BCUT2D eigenvalue weighted by molar-refractivity contribution is 0.0820. The summed E-state index contributed by atoms with van der Waals surface area (Å²) in [6.07, 6.45) is 3.55. The number of hydrogen-bond acceptors (Lipinski definition) is 3. The summed E-state index contributed by atoms with van der Waals surface area (Å²) in [6.45, 7) is 5.47. The van der Waals surface area contributed by atoms with Crippen LogP contribution in [0.25, 0.3) is 0 Å². The highest BCUT2D eigenvalue weighted by molar-refractivity contribution is 5.28. The molecule has 1 aromatic carbocycles. The second-order valence-electron chi connectivity index (χ2n) is 5.56. The summed E-state index contributed by atoms with van der Waals surface area (Å²) in [5, 5.41) is 10.4. The summed E-state index contributed by atoms with van der Waals surface area (Å²) in [5.74, 6) is 1.09. The molecule has 0 spiro atoms. The highest BCUT2D eigenvalue weighted by atomic mass is 16.5. The van der Waals surface area contributed by atoms with Gasteiger partial charge in [0.15, 0.2) is 0 Å². The third-order valence-corrected chi connectivity index (χ3v) is 3.99. The SMILES string of the molecule is COc1ccc([C@@H](O)[C@H](C)CN2CCCCC2)cc1. The second kappa shape index (κ2) is 6.92. The van der Waals surface area contributed by atoms with Crippen LogP contribution in [-0.4, -0.2) is 36.8 Å². The van der Waals surface area contributed by atoms with Crippen molar-refractivity contribution >= 4 is 0 Å². The van der Waals surface area contributed by atoms with Crippen LogP contribution in [0.15, 0.2) is 24.3 Å². The van der Waals surface area contributed by atoms with Gasteiger partial charge in [-0.15, -0.1) is 0 Å². The molecule has 106 valence electrons. The van der Waals surface area contributed by atoms with E-state index in [-0.39, 0.29) is 5.92 Å². The quantitative estimate of drug-likeness (QED) is 0.886. The zero-order chi connectivity index (χ0) is 13.7. The first-order valence-corrected chi connectivity index (χ1v) is 7.25. The lowest BCUT2D eigenvalue weighted by Crippen LogP contribution is -2.35. The van der Waals surface area contributed by atoms with Crippen molar-refractivity contribution in [2.24, 2.45) is 5.92 Å². The van der Waals surface area contributed by atoms with Crippen LogP contribution in [0.3, 0.4) is 0 Å². The van der Waals surface area contributed by atoms with Gasteiger partial charge in [-0.1, -0.05) is 25.5 Å². The fourth-order valence-electron chi connectivity index (χ4n) is 2.78. The molecule has 2 atom stereocenters. The number of methoxy groups -OCH3 is 1. The Bertz CT molecular complexity index is 371. The van der Waals surface area contributed by atoms with Gasteiger partial charge in [-0.25, -0.2) is 0 Å². The molecule has 1 saturated heterocycles. The molecule has 0 radical (unpaired) electrons. The Hall–Kier alpha value is -1.06. The molecule has 0 unspecified atom stereocenters. The predicted molar refractivity (Wildman–Crippen MR) is 77.4 cm³/mol.